The molecule has 2 aliphatic carbocycles. The molecule has 0 unspecified atom stereocenters. The number of anilines is 4. The summed E-state index contributed by atoms with van der Waals surface area (Å²) in [6, 6.07) is 3.30. The van der Waals surface area contributed by atoms with E-state index in [1.807, 2.05) is 30.0 Å². The van der Waals surface area contributed by atoms with Gasteiger partial charge in [-0.3, -0.25) is 14.5 Å². The SMILES string of the molecule is CCN1C(=O)[C@@H](N2CCOCC2)CCc2c1ccc(Nc1ncc(Cl)c(N[C@H]3[C@@H](C(=O)O)[C@@H]4C=C[C@H]3C4)n1)c2OC. The molecule has 218 valence electrons. The Morgan fingerprint density at radius 3 is 2.76 bits per heavy atom. The summed E-state index contributed by atoms with van der Waals surface area (Å²) in [5.41, 5.74) is 2.46. The molecule has 12 heteroatoms. The van der Waals surface area contributed by atoms with Crippen LogP contribution in [-0.4, -0.2) is 83.9 Å². The summed E-state index contributed by atoms with van der Waals surface area (Å²) in [4.78, 5) is 38.7. The minimum Gasteiger partial charge on any atom is -0.494 e. The molecule has 1 amide bonds. The molecule has 5 atom stereocenters. The van der Waals surface area contributed by atoms with Crippen LogP contribution >= 0.6 is 11.6 Å². The number of carbonyl (C=O) groups is 2. The Hall–Kier alpha value is -3.41. The number of nitrogens with zero attached hydrogens (tertiary/aromatic N) is 4. The van der Waals surface area contributed by atoms with Crippen molar-refractivity contribution in [2.75, 3.05) is 55.5 Å². The lowest BCUT2D eigenvalue weighted by atomic mass is 9.89. The number of carboxylic acid groups (broad SMARTS) is 1. The van der Waals surface area contributed by atoms with E-state index in [2.05, 4.69) is 31.6 Å². The molecule has 1 saturated heterocycles. The maximum absolute atomic E-state index is 13.6. The van der Waals surface area contributed by atoms with Crippen LogP contribution in [0.2, 0.25) is 5.02 Å². The first kappa shape index (κ1) is 27.7. The van der Waals surface area contributed by atoms with Crippen LogP contribution in [-0.2, 0) is 20.7 Å². The molecule has 1 aromatic heterocycles. The predicted molar refractivity (Wildman–Crippen MR) is 155 cm³/mol. The van der Waals surface area contributed by atoms with Crippen molar-refractivity contribution in [1.82, 2.24) is 14.9 Å². The molecule has 2 aromatic rings. The van der Waals surface area contributed by atoms with Crippen LogP contribution < -0.4 is 20.3 Å². The number of methoxy groups -OCH3 is 1. The van der Waals surface area contributed by atoms with E-state index in [1.54, 1.807) is 7.11 Å². The molecular formula is C29H35ClN6O5. The molecule has 1 saturated carbocycles. The van der Waals surface area contributed by atoms with Crippen LogP contribution in [0.15, 0.2) is 30.5 Å². The molecule has 41 heavy (non-hydrogen) atoms. The second kappa shape index (κ2) is 11.5. The van der Waals surface area contributed by atoms with Crippen LogP contribution in [0.25, 0.3) is 0 Å². The van der Waals surface area contributed by atoms with Crippen molar-refractivity contribution in [3.8, 4) is 5.75 Å². The molecule has 3 N–H and O–H groups in total. The summed E-state index contributed by atoms with van der Waals surface area (Å²) in [7, 11) is 1.62. The first-order valence-corrected chi connectivity index (χ1v) is 14.6. The van der Waals surface area contributed by atoms with Gasteiger partial charge in [0.2, 0.25) is 11.9 Å². The highest BCUT2D eigenvalue weighted by Crippen LogP contribution is 2.46. The normalized spacial score (nSPS) is 27.4. The lowest BCUT2D eigenvalue weighted by molar-refractivity contribution is -0.142. The molecule has 2 bridgehead atoms. The Balaban J connectivity index is 1.26. The minimum atomic E-state index is -0.826. The third-order valence-corrected chi connectivity index (χ3v) is 9.07. The Morgan fingerprint density at radius 1 is 1.24 bits per heavy atom. The minimum absolute atomic E-state index is 0.00876. The number of fused-ring (bicyclic) bond motifs is 3. The Bertz CT molecular complexity index is 1370. The van der Waals surface area contributed by atoms with Gasteiger partial charge in [-0.15, -0.1) is 0 Å². The summed E-state index contributed by atoms with van der Waals surface area (Å²) in [5.74, 6) is 0.162. The number of ether oxygens (including phenoxy) is 2. The van der Waals surface area contributed by atoms with Crippen LogP contribution in [0.3, 0.4) is 0 Å². The second-order valence-electron chi connectivity index (χ2n) is 10.9. The monoisotopic (exact) mass is 582 g/mol. The Morgan fingerprint density at radius 2 is 2.02 bits per heavy atom. The molecule has 11 nitrogen and oxygen atoms in total. The number of nitrogens with one attached hydrogen (secondary N) is 2. The highest BCUT2D eigenvalue weighted by Gasteiger charge is 2.48. The lowest BCUT2D eigenvalue weighted by Gasteiger charge is -2.35. The van der Waals surface area contributed by atoms with Gasteiger partial charge in [0.15, 0.2) is 5.82 Å². The van der Waals surface area contributed by atoms with Crippen molar-refractivity contribution in [3.63, 3.8) is 0 Å². The van der Waals surface area contributed by atoms with Gasteiger partial charge in [0.05, 0.1) is 49.9 Å². The number of aromatic nitrogens is 2. The summed E-state index contributed by atoms with van der Waals surface area (Å²) in [5, 5.41) is 16.7. The van der Waals surface area contributed by atoms with E-state index in [9.17, 15) is 14.7 Å². The van der Waals surface area contributed by atoms with Gasteiger partial charge in [-0.1, -0.05) is 23.8 Å². The summed E-state index contributed by atoms with van der Waals surface area (Å²) < 4.78 is 11.4. The van der Waals surface area contributed by atoms with Crippen LogP contribution in [0.1, 0.15) is 25.3 Å². The van der Waals surface area contributed by atoms with Crippen molar-refractivity contribution >= 4 is 46.6 Å². The number of hydrogen-bond acceptors (Lipinski definition) is 9. The van der Waals surface area contributed by atoms with Gasteiger partial charge in [0, 0.05) is 31.2 Å². The standard InChI is InChI=1S/C29H35ClN6O5/c1-3-36-21-9-7-20(25(40-2)18(21)6-8-22(27(36)37)35-10-12-41-13-11-35)32-29-31-15-19(30)26(34-29)33-24-17-5-4-16(14-17)23(24)28(38)39/h4-5,7,9,15-17,22-24H,3,6,8,10-14H2,1-2H3,(H,38,39)(H2,31,32,33,34)/t16-,17+,22+,23+,24-/m1/s1. The molecule has 0 radical (unpaired) electrons. The highest BCUT2D eigenvalue weighted by atomic mass is 35.5. The molecule has 2 fully saturated rings. The van der Waals surface area contributed by atoms with E-state index < -0.39 is 11.9 Å². The fraction of sp³-hybridized carbons (Fsp3) is 0.517. The van der Waals surface area contributed by atoms with Crippen LogP contribution in [0.4, 0.5) is 23.1 Å². The number of carbonyl (C=O) groups excluding carboxylic acids is 1. The number of allylic oxidation sites excluding steroid dienone is 1. The lowest BCUT2D eigenvalue weighted by Crippen LogP contribution is -2.51. The third-order valence-electron chi connectivity index (χ3n) is 8.79. The average molecular weight is 583 g/mol. The number of carboxylic acids is 1. The van der Waals surface area contributed by atoms with Crippen molar-refractivity contribution in [1.29, 1.82) is 0 Å². The number of hydrogen-bond donors (Lipinski definition) is 3. The second-order valence-corrected chi connectivity index (χ2v) is 11.3. The van der Waals surface area contributed by atoms with Gasteiger partial charge in [0.1, 0.15) is 10.8 Å². The Kier molecular flexibility index (Phi) is 7.76. The van der Waals surface area contributed by atoms with Crippen molar-refractivity contribution in [2.45, 2.75) is 38.3 Å². The number of amides is 1. The first-order valence-electron chi connectivity index (χ1n) is 14.2. The predicted octanol–water partition coefficient (Wildman–Crippen LogP) is 3.57. The maximum atomic E-state index is 13.6. The molecule has 0 spiro atoms. The fourth-order valence-electron chi connectivity index (χ4n) is 6.86. The molecular weight excluding hydrogens is 548 g/mol. The smallest absolute Gasteiger partial charge is 0.309 e. The summed E-state index contributed by atoms with van der Waals surface area (Å²) in [6.07, 6.45) is 7.72. The van der Waals surface area contributed by atoms with Gasteiger partial charge in [-0.25, -0.2) is 4.98 Å². The highest BCUT2D eigenvalue weighted by molar-refractivity contribution is 6.32. The zero-order valence-electron chi connectivity index (χ0n) is 23.2. The first-order chi connectivity index (χ1) is 19.9. The molecule has 1 aromatic carbocycles. The molecule has 4 aliphatic rings. The number of halogens is 1. The van der Waals surface area contributed by atoms with E-state index in [-0.39, 0.29) is 29.8 Å². The maximum Gasteiger partial charge on any atom is 0.309 e. The number of likely N-dealkylation sites (N-methyl/N-ethyl adjacent to an activating group) is 1. The zero-order chi connectivity index (χ0) is 28.7. The molecule has 6 rings (SSSR count). The van der Waals surface area contributed by atoms with E-state index in [1.165, 1.54) is 6.20 Å². The largest absolute Gasteiger partial charge is 0.494 e. The van der Waals surface area contributed by atoms with Gasteiger partial charge >= 0.3 is 5.97 Å². The van der Waals surface area contributed by atoms with Gasteiger partial charge < -0.3 is 30.1 Å². The Labute approximate surface area is 243 Å². The number of morpholine rings is 1. The van der Waals surface area contributed by atoms with E-state index in [0.29, 0.717) is 60.8 Å². The van der Waals surface area contributed by atoms with Crippen LogP contribution in [0.5, 0.6) is 5.75 Å². The number of aliphatic carboxylic acids is 1. The van der Waals surface area contributed by atoms with E-state index in [4.69, 9.17) is 21.1 Å². The number of rotatable bonds is 8. The molecule has 3 heterocycles. The third kappa shape index (κ3) is 5.11. The van der Waals surface area contributed by atoms with E-state index >= 15 is 0 Å². The topological polar surface area (TPSA) is 129 Å². The summed E-state index contributed by atoms with van der Waals surface area (Å²) >= 11 is 6.45. The van der Waals surface area contributed by atoms with Gasteiger partial charge in [-0.2, -0.15) is 4.98 Å². The van der Waals surface area contributed by atoms with E-state index in [0.717, 1.165) is 30.8 Å². The summed E-state index contributed by atoms with van der Waals surface area (Å²) in [6.45, 7) is 5.28. The van der Waals surface area contributed by atoms with Crippen molar-refractivity contribution in [2.24, 2.45) is 17.8 Å². The van der Waals surface area contributed by atoms with Crippen molar-refractivity contribution in [3.05, 3.63) is 41.1 Å². The van der Waals surface area contributed by atoms with Crippen molar-refractivity contribution < 1.29 is 24.2 Å². The van der Waals surface area contributed by atoms with Crippen LogP contribution in [0, 0.1) is 17.8 Å². The molecule has 2 aliphatic heterocycles. The zero-order valence-corrected chi connectivity index (χ0v) is 23.9. The fourth-order valence-corrected chi connectivity index (χ4v) is 7.01. The van der Waals surface area contributed by atoms with Gasteiger partial charge in [-0.05, 0) is 50.2 Å². The van der Waals surface area contributed by atoms with Gasteiger partial charge in [0.25, 0.3) is 0 Å². The average Bonchev–Trinajstić information content (AvgIpc) is 3.55. The quantitative estimate of drug-likeness (QED) is 0.397. The number of benzene rings is 1.